The van der Waals surface area contributed by atoms with E-state index in [-0.39, 0.29) is 12.1 Å². The van der Waals surface area contributed by atoms with Gasteiger partial charge in [0.1, 0.15) is 6.10 Å². The van der Waals surface area contributed by atoms with Crippen LogP contribution in [0.5, 0.6) is 0 Å². The molecular weight excluding hydrogens is 322 g/mol. The number of nitrogens with two attached hydrogens (primary N) is 1. The van der Waals surface area contributed by atoms with E-state index in [0.717, 1.165) is 36.5 Å². The van der Waals surface area contributed by atoms with Crippen LogP contribution in [0, 0.1) is 34.5 Å². The zero-order chi connectivity index (χ0) is 18.5. The van der Waals surface area contributed by atoms with Crippen molar-refractivity contribution in [3.63, 3.8) is 0 Å². The summed E-state index contributed by atoms with van der Waals surface area (Å²) in [6.45, 7) is 9.91. The van der Waals surface area contributed by atoms with Gasteiger partial charge in [0, 0.05) is 6.54 Å². The van der Waals surface area contributed by atoms with E-state index in [2.05, 4.69) is 20.4 Å². The van der Waals surface area contributed by atoms with E-state index in [1.54, 1.807) is 0 Å². The van der Waals surface area contributed by atoms with E-state index in [9.17, 15) is 4.79 Å². The Balaban J connectivity index is 1.47. The number of esters is 1. The normalized spacial score (nSPS) is 47.7. The van der Waals surface area contributed by atoms with E-state index in [1.807, 2.05) is 0 Å². The Hall–Kier alpha value is -0.830. The number of hydrogen-bond donors (Lipinski definition) is 1. The van der Waals surface area contributed by atoms with E-state index in [4.69, 9.17) is 10.5 Å². The number of allylic oxidation sites excluding steroid dienone is 1. The average Bonchev–Trinajstić information content (AvgIpc) is 2.91. The van der Waals surface area contributed by atoms with Gasteiger partial charge in [-0.2, -0.15) is 0 Å². The van der Waals surface area contributed by atoms with E-state index >= 15 is 0 Å². The molecule has 4 rings (SSSR count). The van der Waals surface area contributed by atoms with Crippen LogP contribution in [0.25, 0.3) is 0 Å². The van der Waals surface area contributed by atoms with Crippen molar-refractivity contribution in [2.75, 3.05) is 6.54 Å². The highest BCUT2D eigenvalue weighted by Crippen LogP contribution is 2.67. The third-order valence-electron chi connectivity index (χ3n) is 9.22. The number of carbonyl (C=O) groups is 1. The Bertz CT molecular complexity index is 587. The maximum atomic E-state index is 11.9. The summed E-state index contributed by atoms with van der Waals surface area (Å²) in [6.07, 6.45) is 11.9. The molecule has 0 aromatic carbocycles. The molecule has 3 heteroatoms. The standard InChI is InChI=1S/C23H37NO2/c1-15-4-7-19-18-6-5-16-14-17(26-21(25)10-13-24)8-11-23(16,3)20(18)9-12-22(15,19)2/h16-20H,1,4-14,24H2,2-3H3/t16?,17-,18?,19?,20?,22+,23-/m0/s1. The molecule has 3 nitrogen and oxygen atoms in total. The fraction of sp³-hybridized carbons (Fsp3) is 0.870. The fourth-order valence-corrected chi connectivity index (χ4v) is 7.60. The summed E-state index contributed by atoms with van der Waals surface area (Å²) in [6, 6.07) is 0. The summed E-state index contributed by atoms with van der Waals surface area (Å²) in [5, 5.41) is 0. The van der Waals surface area contributed by atoms with Crippen molar-refractivity contribution in [2.24, 2.45) is 40.2 Å². The molecule has 4 fully saturated rings. The van der Waals surface area contributed by atoms with Crippen molar-refractivity contribution in [1.82, 2.24) is 0 Å². The molecule has 0 amide bonds. The van der Waals surface area contributed by atoms with Gasteiger partial charge in [-0.05, 0) is 92.3 Å². The highest BCUT2D eigenvalue weighted by atomic mass is 16.5. The number of ether oxygens (including phenoxy) is 1. The van der Waals surface area contributed by atoms with Gasteiger partial charge < -0.3 is 10.5 Å². The second-order valence-corrected chi connectivity index (χ2v) is 10.2. The highest BCUT2D eigenvalue weighted by molar-refractivity contribution is 5.69. The first-order valence-electron chi connectivity index (χ1n) is 11.0. The molecule has 7 atom stereocenters. The van der Waals surface area contributed by atoms with Crippen LogP contribution in [0.1, 0.15) is 78.1 Å². The first-order valence-corrected chi connectivity index (χ1v) is 11.0. The van der Waals surface area contributed by atoms with Gasteiger partial charge in [0.15, 0.2) is 0 Å². The number of fused-ring (bicyclic) bond motifs is 5. The molecule has 0 saturated heterocycles. The maximum Gasteiger partial charge on any atom is 0.307 e. The Morgan fingerprint density at radius 1 is 1.15 bits per heavy atom. The van der Waals surface area contributed by atoms with Crippen LogP contribution in [0.3, 0.4) is 0 Å². The Morgan fingerprint density at radius 2 is 1.96 bits per heavy atom. The monoisotopic (exact) mass is 359 g/mol. The van der Waals surface area contributed by atoms with E-state index < -0.39 is 0 Å². The summed E-state index contributed by atoms with van der Waals surface area (Å²) in [7, 11) is 0. The quantitative estimate of drug-likeness (QED) is 0.579. The van der Waals surface area contributed by atoms with Gasteiger partial charge >= 0.3 is 5.97 Å². The van der Waals surface area contributed by atoms with Gasteiger partial charge in [0.2, 0.25) is 0 Å². The van der Waals surface area contributed by atoms with Crippen molar-refractivity contribution in [1.29, 1.82) is 0 Å². The van der Waals surface area contributed by atoms with Crippen LogP contribution >= 0.6 is 0 Å². The molecule has 146 valence electrons. The Morgan fingerprint density at radius 3 is 2.73 bits per heavy atom. The fourth-order valence-electron chi connectivity index (χ4n) is 7.60. The molecule has 4 aliphatic rings. The van der Waals surface area contributed by atoms with Gasteiger partial charge in [0.25, 0.3) is 0 Å². The van der Waals surface area contributed by atoms with Gasteiger partial charge in [0.05, 0.1) is 6.42 Å². The number of rotatable bonds is 3. The second-order valence-electron chi connectivity index (χ2n) is 10.2. The molecule has 0 spiro atoms. The molecule has 0 radical (unpaired) electrons. The summed E-state index contributed by atoms with van der Waals surface area (Å²) >= 11 is 0. The second kappa shape index (κ2) is 6.65. The minimum atomic E-state index is -0.104. The van der Waals surface area contributed by atoms with E-state index in [1.165, 1.54) is 50.5 Å². The molecule has 0 aromatic heterocycles. The molecule has 0 aromatic rings. The lowest BCUT2D eigenvalue weighted by atomic mass is 9.45. The zero-order valence-electron chi connectivity index (χ0n) is 16.8. The third kappa shape index (κ3) is 2.77. The molecule has 4 unspecified atom stereocenters. The SMILES string of the molecule is C=C1CCC2C3CCC4C[C@@H](OC(=O)CCN)CC[C@]4(C)C3CC[C@]12C. The minimum absolute atomic E-state index is 0.104. The summed E-state index contributed by atoms with van der Waals surface area (Å²) in [4.78, 5) is 11.9. The van der Waals surface area contributed by atoms with Crippen molar-refractivity contribution in [2.45, 2.75) is 84.2 Å². The Kier molecular flexibility index (Phi) is 4.74. The first-order chi connectivity index (χ1) is 12.4. The Labute approximate surface area is 159 Å². The molecule has 4 aliphatic carbocycles. The van der Waals surface area contributed by atoms with Crippen LogP contribution in [0.2, 0.25) is 0 Å². The summed E-state index contributed by atoms with van der Waals surface area (Å²) in [5.74, 6) is 3.25. The van der Waals surface area contributed by atoms with Gasteiger partial charge in [-0.15, -0.1) is 0 Å². The number of carbonyl (C=O) groups excluding carboxylic acids is 1. The van der Waals surface area contributed by atoms with E-state index in [0.29, 0.717) is 23.8 Å². The summed E-state index contributed by atoms with van der Waals surface area (Å²) in [5.41, 5.74) is 7.89. The smallest absolute Gasteiger partial charge is 0.307 e. The van der Waals surface area contributed by atoms with Crippen LogP contribution < -0.4 is 5.73 Å². The number of hydrogen-bond acceptors (Lipinski definition) is 3. The third-order valence-corrected chi connectivity index (χ3v) is 9.22. The molecule has 26 heavy (non-hydrogen) atoms. The molecular formula is C23H37NO2. The molecule has 4 saturated carbocycles. The molecule has 0 bridgehead atoms. The van der Waals surface area contributed by atoms with Crippen LogP contribution in [0.4, 0.5) is 0 Å². The van der Waals surface area contributed by atoms with Gasteiger partial charge in [-0.3, -0.25) is 4.79 Å². The predicted molar refractivity (Wildman–Crippen MR) is 104 cm³/mol. The van der Waals surface area contributed by atoms with Gasteiger partial charge in [-0.25, -0.2) is 0 Å². The zero-order valence-corrected chi connectivity index (χ0v) is 16.8. The summed E-state index contributed by atoms with van der Waals surface area (Å²) < 4.78 is 5.73. The average molecular weight is 360 g/mol. The van der Waals surface area contributed by atoms with Crippen molar-refractivity contribution in [3.05, 3.63) is 12.2 Å². The minimum Gasteiger partial charge on any atom is -0.462 e. The molecule has 0 heterocycles. The largest absolute Gasteiger partial charge is 0.462 e. The lowest BCUT2D eigenvalue weighted by Gasteiger charge is -2.60. The lowest BCUT2D eigenvalue weighted by Crippen LogP contribution is -2.53. The van der Waals surface area contributed by atoms with Crippen molar-refractivity contribution >= 4 is 5.97 Å². The van der Waals surface area contributed by atoms with Gasteiger partial charge in [-0.1, -0.05) is 26.0 Å². The molecule has 0 aliphatic heterocycles. The van der Waals surface area contributed by atoms with Crippen LogP contribution in [-0.4, -0.2) is 18.6 Å². The highest BCUT2D eigenvalue weighted by Gasteiger charge is 2.58. The maximum absolute atomic E-state index is 11.9. The lowest BCUT2D eigenvalue weighted by molar-refractivity contribution is -0.160. The van der Waals surface area contributed by atoms with Crippen LogP contribution in [0.15, 0.2) is 12.2 Å². The predicted octanol–water partition coefficient (Wildman–Crippen LogP) is 4.85. The topological polar surface area (TPSA) is 52.3 Å². The van der Waals surface area contributed by atoms with Crippen LogP contribution in [-0.2, 0) is 9.53 Å². The van der Waals surface area contributed by atoms with Crippen molar-refractivity contribution < 1.29 is 9.53 Å². The molecule has 2 N–H and O–H groups in total. The first kappa shape index (κ1) is 18.5. The van der Waals surface area contributed by atoms with Crippen molar-refractivity contribution in [3.8, 4) is 0 Å².